The zero-order chi connectivity index (χ0) is 15.1. The monoisotopic (exact) mass is 274 g/mol. The average Bonchev–Trinajstić information content (AvgIpc) is 2.42. The van der Waals surface area contributed by atoms with Crippen molar-refractivity contribution in [1.82, 2.24) is 15.3 Å². The largest absolute Gasteiger partial charge is 0.382 e. The molecule has 106 valence electrons. The van der Waals surface area contributed by atoms with Crippen molar-refractivity contribution in [3.05, 3.63) is 29.9 Å². The number of nitrogens with zero attached hydrogens (tertiary/aromatic N) is 3. The van der Waals surface area contributed by atoms with Crippen molar-refractivity contribution < 1.29 is 4.79 Å². The molecule has 0 saturated heterocycles. The number of nitrogens with one attached hydrogen (secondary N) is 1. The Morgan fingerprint density at radius 1 is 1.20 bits per heavy atom. The van der Waals surface area contributed by atoms with Crippen LogP contribution in [0.1, 0.15) is 37.0 Å². The van der Waals surface area contributed by atoms with E-state index in [0.717, 1.165) is 5.57 Å². The Kier molecular flexibility index (Phi) is 5.40. The summed E-state index contributed by atoms with van der Waals surface area (Å²) in [5.74, 6) is -0.288. The minimum atomic E-state index is -0.470. The maximum Gasteiger partial charge on any atom is 0.277 e. The topological polar surface area (TPSA) is 119 Å². The van der Waals surface area contributed by atoms with Crippen LogP contribution in [0, 0.1) is 0 Å². The molecule has 1 aromatic rings. The molecule has 1 aromatic heterocycles. The molecule has 0 bridgehead atoms. The molecule has 7 heteroatoms. The van der Waals surface area contributed by atoms with Gasteiger partial charge in [0.25, 0.3) is 5.91 Å². The van der Waals surface area contributed by atoms with Gasteiger partial charge in [-0.15, -0.1) is 0 Å². The van der Waals surface area contributed by atoms with Crippen LogP contribution < -0.4 is 16.8 Å². The van der Waals surface area contributed by atoms with Crippen molar-refractivity contribution in [2.75, 3.05) is 11.5 Å². The first-order chi connectivity index (χ1) is 9.51. The SMILES string of the molecule is C/C=N\C=C/NC(=O)c1nc(/C(C)=C\C)c(N)nc1N. The van der Waals surface area contributed by atoms with E-state index >= 15 is 0 Å². The Morgan fingerprint density at radius 2 is 1.85 bits per heavy atom. The van der Waals surface area contributed by atoms with Crippen LogP contribution in [0.4, 0.5) is 11.6 Å². The van der Waals surface area contributed by atoms with Gasteiger partial charge in [0.15, 0.2) is 17.3 Å². The standard InChI is InChI=1S/C13H18N6O/c1-4-8(3)9-11(14)19-12(15)10(18-9)13(20)17-7-6-16-5-2/h4-7H,1-3H3,(H,17,20)(H4,14,15,19)/b7-6-,8-4-,16-5-. The van der Waals surface area contributed by atoms with E-state index in [9.17, 15) is 4.79 Å². The van der Waals surface area contributed by atoms with E-state index in [1.165, 1.54) is 12.4 Å². The number of hydrogen-bond acceptors (Lipinski definition) is 6. The number of aliphatic imine (C=N–C) groups is 1. The maximum atomic E-state index is 11.9. The summed E-state index contributed by atoms with van der Waals surface area (Å²) in [5.41, 5.74) is 12.7. The normalized spacial score (nSPS) is 12.2. The van der Waals surface area contributed by atoms with E-state index in [1.807, 2.05) is 19.9 Å². The predicted octanol–water partition coefficient (Wildman–Crippen LogP) is 1.36. The van der Waals surface area contributed by atoms with E-state index < -0.39 is 5.91 Å². The van der Waals surface area contributed by atoms with Crippen molar-refractivity contribution in [2.45, 2.75) is 20.8 Å². The Hall–Kier alpha value is -2.70. The maximum absolute atomic E-state index is 11.9. The summed E-state index contributed by atoms with van der Waals surface area (Å²) >= 11 is 0. The number of hydrogen-bond donors (Lipinski definition) is 3. The number of rotatable bonds is 4. The average molecular weight is 274 g/mol. The minimum absolute atomic E-state index is 0.0138. The highest BCUT2D eigenvalue weighted by Crippen LogP contribution is 2.20. The van der Waals surface area contributed by atoms with Gasteiger partial charge in [-0.2, -0.15) is 0 Å². The molecular weight excluding hydrogens is 256 g/mol. The van der Waals surface area contributed by atoms with Crippen LogP contribution in [-0.2, 0) is 0 Å². The number of anilines is 2. The number of allylic oxidation sites excluding steroid dienone is 2. The van der Waals surface area contributed by atoms with Gasteiger partial charge in [-0.1, -0.05) is 6.08 Å². The summed E-state index contributed by atoms with van der Waals surface area (Å²) in [4.78, 5) is 23.9. The second kappa shape index (κ2) is 7.03. The highest BCUT2D eigenvalue weighted by molar-refractivity contribution is 5.97. The molecule has 20 heavy (non-hydrogen) atoms. The molecule has 0 radical (unpaired) electrons. The lowest BCUT2D eigenvalue weighted by atomic mass is 10.2. The first-order valence-electron chi connectivity index (χ1n) is 6.01. The highest BCUT2D eigenvalue weighted by Gasteiger charge is 2.16. The molecule has 1 amide bonds. The first kappa shape index (κ1) is 15.4. The summed E-state index contributed by atoms with van der Waals surface area (Å²) < 4.78 is 0. The molecule has 0 aromatic carbocycles. The number of nitrogens with two attached hydrogens (primary N) is 2. The fraction of sp³-hybridized carbons (Fsp3) is 0.231. The van der Waals surface area contributed by atoms with Gasteiger partial charge in [0.1, 0.15) is 5.69 Å². The Bertz CT molecular complexity index is 589. The number of carbonyl (C=O) groups is 1. The number of carbonyl (C=O) groups excluding carboxylic acids is 1. The fourth-order valence-corrected chi connectivity index (χ4v) is 1.37. The van der Waals surface area contributed by atoms with Crippen molar-refractivity contribution >= 4 is 29.3 Å². The van der Waals surface area contributed by atoms with Crippen molar-refractivity contribution in [3.63, 3.8) is 0 Å². The molecular formula is C13H18N6O. The smallest absolute Gasteiger partial charge is 0.277 e. The predicted molar refractivity (Wildman–Crippen MR) is 81.0 cm³/mol. The first-order valence-corrected chi connectivity index (χ1v) is 6.01. The molecule has 0 saturated carbocycles. The molecule has 5 N–H and O–H groups in total. The van der Waals surface area contributed by atoms with Gasteiger partial charge < -0.3 is 16.8 Å². The molecule has 1 heterocycles. The lowest BCUT2D eigenvalue weighted by molar-refractivity contribution is 0.0966. The number of aromatic nitrogens is 2. The number of amides is 1. The van der Waals surface area contributed by atoms with E-state index in [1.54, 1.807) is 13.1 Å². The molecule has 7 nitrogen and oxygen atoms in total. The third-order valence-electron chi connectivity index (χ3n) is 2.50. The van der Waals surface area contributed by atoms with Crippen LogP contribution in [0.5, 0.6) is 0 Å². The summed E-state index contributed by atoms with van der Waals surface area (Å²) in [5, 5.41) is 2.50. The van der Waals surface area contributed by atoms with Gasteiger partial charge >= 0.3 is 0 Å². The van der Waals surface area contributed by atoms with Crippen LogP contribution >= 0.6 is 0 Å². The summed E-state index contributed by atoms with van der Waals surface area (Å²) in [6, 6.07) is 0. The van der Waals surface area contributed by atoms with Crippen molar-refractivity contribution in [2.24, 2.45) is 4.99 Å². The van der Waals surface area contributed by atoms with E-state index in [0.29, 0.717) is 5.69 Å². The Morgan fingerprint density at radius 3 is 2.45 bits per heavy atom. The summed E-state index contributed by atoms with van der Waals surface area (Å²) in [7, 11) is 0. The quantitative estimate of drug-likeness (QED) is 0.716. The molecule has 0 unspecified atom stereocenters. The zero-order valence-electron chi connectivity index (χ0n) is 11.7. The van der Waals surface area contributed by atoms with Crippen molar-refractivity contribution in [3.8, 4) is 0 Å². The highest BCUT2D eigenvalue weighted by atomic mass is 16.1. The van der Waals surface area contributed by atoms with E-state index in [-0.39, 0.29) is 17.3 Å². The molecule has 0 aliphatic heterocycles. The lowest BCUT2D eigenvalue weighted by Crippen LogP contribution is -2.22. The molecule has 0 atom stereocenters. The third kappa shape index (κ3) is 3.64. The molecule has 0 fully saturated rings. The second-order valence-electron chi connectivity index (χ2n) is 3.86. The Balaban J connectivity index is 3.09. The van der Waals surface area contributed by atoms with Crippen LogP contribution in [0.3, 0.4) is 0 Å². The van der Waals surface area contributed by atoms with E-state index in [2.05, 4.69) is 20.3 Å². The van der Waals surface area contributed by atoms with E-state index in [4.69, 9.17) is 11.5 Å². The van der Waals surface area contributed by atoms with Gasteiger partial charge in [-0.25, -0.2) is 9.97 Å². The van der Waals surface area contributed by atoms with Gasteiger partial charge in [0, 0.05) is 18.6 Å². The number of nitrogen functional groups attached to an aromatic ring is 2. The zero-order valence-corrected chi connectivity index (χ0v) is 11.7. The van der Waals surface area contributed by atoms with Gasteiger partial charge in [0.2, 0.25) is 0 Å². The van der Waals surface area contributed by atoms with Crippen molar-refractivity contribution in [1.29, 1.82) is 0 Å². The molecule has 0 aliphatic carbocycles. The third-order valence-corrected chi connectivity index (χ3v) is 2.50. The molecule has 1 rings (SSSR count). The van der Waals surface area contributed by atoms with Gasteiger partial charge in [-0.05, 0) is 26.3 Å². The molecule has 0 spiro atoms. The van der Waals surface area contributed by atoms with Crippen LogP contribution in [-0.4, -0.2) is 22.1 Å². The minimum Gasteiger partial charge on any atom is -0.382 e. The van der Waals surface area contributed by atoms with Crippen LogP contribution in [0.15, 0.2) is 23.5 Å². The van der Waals surface area contributed by atoms with Crippen LogP contribution in [0.25, 0.3) is 5.57 Å². The molecule has 0 aliphatic rings. The van der Waals surface area contributed by atoms with Crippen LogP contribution in [0.2, 0.25) is 0 Å². The summed E-state index contributed by atoms with van der Waals surface area (Å²) in [6.07, 6.45) is 6.25. The van der Waals surface area contributed by atoms with Gasteiger partial charge in [-0.3, -0.25) is 9.79 Å². The van der Waals surface area contributed by atoms with Gasteiger partial charge in [0.05, 0.1) is 0 Å². The Labute approximate surface area is 117 Å². The summed E-state index contributed by atoms with van der Waals surface area (Å²) in [6.45, 7) is 5.44. The lowest BCUT2D eigenvalue weighted by Gasteiger charge is -2.09. The fourth-order valence-electron chi connectivity index (χ4n) is 1.37. The second-order valence-corrected chi connectivity index (χ2v) is 3.86.